The number of ether oxygens (including phenoxy) is 2. The Morgan fingerprint density at radius 3 is 2.67 bits per heavy atom. The molecule has 2 heterocycles. The van der Waals surface area contributed by atoms with Gasteiger partial charge in [-0.3, -0.25) is 14.8 Å². The number of amides is 1. The Bertz CT molecular complexity index is 1490. The van der Waals surface area contributed by atoms with Gasteiger partial charge in [0.2, 0.25) is 0 Å². The normalized spacial score (nSPS) is 12.8. The second kappa shape index (κ2) is 9.87. The van der Waals surface area contributed by atoms with Gasteiger partial charge >= 0.3 is 11.9 Å². The van der Waals surface area contributed by atoms with Gasteiger partial charge in [0, 0.05) is 17.3 Å². The SMILES string of the molecule is CCOC(=O)c1c(NC(=O)C(C)OC(=O)c2cccc3nccnc23)sc2c1CCc1ccccc1-2. The highest BCUT2D eigenvalue weighted by Crippen LogP contribution is 2.45. The van der Waals surface area contributed by atoms with Crippen molar-refractivity contribution in [2.24, 2.45) is 0 Å². The zero-order valence-electron chi connectivity index (χ0n) is 19.7. The Kier molecular flexibility index (Phi) is 6.47. The van der Waals surface area contributed by atoms with E-state index in [1.54, 1.807) is 25.1 Å². The summed E-state index contributed by atoms with van der Waals surface area (Å²) in [5, 5.41) is 3.19. The van der Waals surface area contributed by atoms with Gasteiger partial charge in [-0.15, -0.1) is 11.3 Å². The van der Waals surface area contributed by atoms with E-state index in [9.17, 15) is 14.4 Å². The van der Waals surface area contributed by atoms with Gasteiger partial charge in [-0.25, -0.2) is 9.59 Å². The molecule has 2 aromatic carbocycles. The van der Waals surface area contributed by atoms with Crippen LogP contribution in [0.25, 0.3) is 21.5 Å². The minimum absolute atomic E-state index is 0.218. The third-order valence-electron chi connectivity index (χ3n) is 6.00. The minimum atomic E-state index is -1.12. The van der Waals surface area contributed by atoms with Crippen LogP contribution in [0.5, 0.6) is 0 Å². The van der Waals surface area contributed by atoms with E-state index in [2.05, 4.69) is 21.4 Å². The van der Waals surface area contributed by atoms with E-state index < -0.39 is 23.9 Å². The first-order valence-electron chi connectivity index (χ1n) is 11.6. The third-order valence-corrected chi connectivity index (χ3v) is 7.18. The fourth-order valence-corrected chi connectivity index (χ4v) is 5.60. The Hall–Kier alpha value is -4.11. The number of para-hydroxylation sites is 1. The Morgan fingerprint density at radius 2 is 1.83 bits per heavy atom. The average Bonchev–Trinajstić information content (AvgIpc) is 3.26. The van der Waals surface area contributed by atoms with Crippen molar-refractivity contribution in [1.29, 1.82) is 0 Å². The van der Waals surface area contributed by atoms with Gasteiger partial charge in [0.05, 0.1) is 23.3 Å². The number of carbonyl (C=O) groups is 3. The van der Waals surface area contributed by atoms with Gasteiger partial charge < -0.3 is 14.8 Å². The van der Waals surface area contributed by atoms with E-state index in [-0.39, 0.29) is 12.2 Å². The van der Waals surface area contributed by atoms with Gasteiger partial charge in [0.1, 0.15) is 10.5 Å². The first kappa shape index (κ1) is 23.6. The molecule has 0 saturated carbocycles. The van der Waals surface area contributed by atoms with Gasteiger partial charge in [-0.05, 0) is 55.5 Å². The van der Waals surface area contributed by atoms with Crippen LogP contribution in [0.1, 0.15) is 45.7 Å². The van der Waals surface area contributed by atoms with Crippen LogP contribution in [0.4, 0.5) is 5.00 Å². The number of hydrogen-bond acceptors (Lipinski definition) is 8. The fraction of sp³-hybridized carbons (Fsp3) is 0.222. The van der Waals surface area contributed by atoms with E-state index in [0.717, 1.165) is 22.4 Å². The molecule has 9 heteroatoms. The summed E-state index contributed by atoms with van der Waals surface area (Å²) in [6, 6.07) is 13.0. The summed E-state index contributed by atoms with van der Waals surface area (Å²) in [7, 11) is 0. The molecule has 8 nitrogen and oxygen atoms in total. The molecule has 1 atom stereocenters. The lowest BCUT2D eigenvalue weighted by Gasteiger charge is -2.17. The molecule has 0 saturated heterocycles. The number of hydrogen-bond donors (Lipinski definition) is 1. The quantitative estimate of drug-likeness (QED) is 0.378. The molecule has 0 spiro atoms. The van der Waals surface area contributed by atoms with Gasteiger partial charge in [-0.1, -0.05) is 30.3 Å². The Morgan fingerprint density at radius 1 is 1.03 bits per heavy atom. The maximum Gasteiger partial charge on any atom is 0.341 e. The van der Waals surface area contributed by atoms with E-state index in [1.165, 1.54) is 36.2 Å². The summed E-state index contributed by atoms with van der Waals surface area (Å²) in [5.74, 6) is -1.72. The number of anilines is 1. The summed E-state index contributed by atoms with van der Waals surface area (Å²) in [6.07, 6.45) is 3.36. The van der Waals surface area contributed by atoms with E-state index >= 15 is 0 Å². The molecule has 0 radical (unpaired) electrons. The van der Waals surface area contributed by atoms with Crippen LogP contribution in [0, 0.1) is 0 Å². The first-order valence-corrected chi connectivity index (χ1v) is 12.4. The third kappa shape index (κ3) is 4.33. The molecule has 0 aliphatic heterocycles. The fourth-order valence-electron chi connectivity index (χ4n) is 4.30. The number of nitrogens with one attached hydrogen (secondary N) is 1. The highest BCUT2D eigenvalue weighted by Gasteiger charge is 2.31. The van der Waals surface area contributed by atoms with Crippen LogP contribution in [0.15, 0.2) is 54.9 Å². The smallest absolute Gasteiger partial charge is 0.341 e. The maximum absolute atomic E-state index is 13.1. The standard InChI is InChI=1S/C27H23N3O5S/c1-3-34-27(33)21-18-12-11-16-7-4-5-8-17(16)23(18)36-25(21)30-24(31)15(2)35-26(32)19-9-6-10-20-22(19)29-14-13-28-20/h4-10,13-15H,3,11-12H2,1-2H3,(H,30,31). The van der Waals surface area contributed by atoms with Gasteiger partial charge in [-0.2, -0.15) is 0 Å². The van der Waals surface area contributed by atoms with E-state index in [1.807, 2.05) is 18.2 Å². The van der Waals surface area contributed by atoms with Crippen molar-refractivity contribution in [2.45, 2.75) is 32.8 Å². The molecular formula is C27H23N3O5S. The second-order valence-corrected chi connectivity index (χ2v) is 9.28. The number of carbonyl (C=O) groups excluding carboxylic acids is 3. The van der Waals surface area contributed by atoms with Crippen molar-refractivity contribution in [3.63, 3.8) is 0 Å². The molecule has 4 aromatic rings. The van der Waals surface area contributed by atoms with Crippen molar-refractivity contribution >= 4 is 45.2 Å². The van der Waals surface area contributed by atoms with Crippen molar-refractivity contribution in [2.75, 3.05) is 11.9 Å². The zero-order chi connectivity index (χ0) is 25.2. The lowest BCUT2D eigenvalue weighted by molar-refractivity contribution is -0.123. The lowest BCUT2D eigenvalue weighted by atomic mass is 9.89. The molecular weight excluding hydrogens is 478 g/mol. The van der Waals surface area contributed by atoms with Crippen LogP contribution in [-0.4, -0.2) is 40.5 Å². The number of fused-ring (bicyclic) bond motifs is 4. The summed E-state index contributed by atoms with van der Waals surface area (Å²) in [4.78, 5) is 48.1. The number of aryl methyl sites for hydroxylation is 1. The number of esters is 2. The summed E-state index contributed by atoms with van der Waals surface area (Å²) < 4.78 is 10.8. The Balaban J connectivity index is 1.41. The van der Waals surface area contributed by atoms with Crippen LogP contribution < -0.4 is 5.32 Å². The molecule has 1 aliphatic rings. The van der Waals surface area contributed by atoms with Crippen LogP contribution in [0.3, 0.4) is 0 Å². The number of aromatic nitrogens is 2. The highest BCUT2D eigenvalue weighted by atomic mass is 32.1. The Labute approximate surface area is 211 Å². The van der Waals surface area contributed by atoms with Gasteiger partial charge in [0.25, 0.3) is 5.91 Å². The predicted molar refractivity (Wildman–Crippen MR) is 136 cm³/mol. The molecule has 2 aromatic heterocycles. The summed E-state index contributed by atoms with van der Waals surface area (Å²) in [6.45, 7) is 3.44. The number of rotatable bonds is 6. The van der Waals surface area contributed by atoms with Crippen molar-refractivity contribution in [1.82, 2.24) is 9.97 Å². The van der Waals surface area contributed by atoms with Crippen molar-refractivity contribution in [3.8, 4) is 10.4 Å². The monoisotopic (exact) mass is 501 g/mol. The second-order valence-electron chi connectivity index (χ2n) is 8.26. The van der Waals surface area contributed by atoms with Gasteiger partial charge in [0.15, 0.2) is 6.10 Å². The van der Waals surface area contributed by atoms with E-state index in [4.69, 9.17) is 9.47 Å². The molecule has 1 amide bonds. The molecule has 36 heavy (non-hydrogen) atoms. The number of thiophene rings is 1. The molecule has 0 bridgehead atoms. The average molecular weight is 502 g/mol. The molecule has 1 aliphatic carbocycles. The van der Waals surface area contributed by atoms with Crippen LogP contribution in [0.2, 0.25) is 0 Å². The topological polar surface area (TPSA) is 107 Å². The highest BCUT2D eigenvalue weighted by molar-refractivity contribution is 7.20. The minimum Gasteiger partial charge on any atom is -0.462 e. The van der Waals surface area contributed by atoms with Crippen molar-refractivity contribution in [3.05, 3.63) is 77.1 Å². The zero-order valence-corrected chi connectivity index (χ0v) is 20.6. The van der Waals surface area contributed by atoms with E-state index in [0.29, 0.717) is 28.0 Å². The predicted octanol–water partition coefficient (Wildman–Crippen LogP) is 4.82. The van der Waals surface area contributed by atoms with Crippen molar-refractivity contribution < 1.29 is 23.9 Å². The van der Waals surface area contributed by atoms with Crippen LogP contribution >= 0.6 is 11.3 Å². The molecule has 0 fully saturated rings. The summed E-state index contributed by atoms with van der Waals surface area (Å²) in [5.41, 5.74) is 4.63. The number of benzene rings is 2. The molecule has 182 valence electrons. The maximum atomic E-state index is 13.1. The lowest BCUT2D eigenvalue weighted by Crippen LogP contribution is -2.30. The first-order chi connectivity index (χ1) is 17.5. The number of nitrogens with zero attached hydrogens (tertiary/aromatic N) is 2. The molecule has 1 unspecified atom stereocenters. The molecule has 5 rings (SSSR count). The summed E-state index contributed by atoms with van der Waals surface area (Å²) >= 11 is 1.33. The largest absolute Gasteiger partial charge is 0.462 e. The van der Waals surface area contributed by atoms with Crippen LogP contribution in [-0.2, 0) is 27.1 Å². The molecule has 1 N–H and O–H groups in total.